The first-order valence-corrected chi connectivity index (χ1v) is 5.34. The van der Waals surface area contributed by atoms with Crippen molar-refractivity contribution in [1.82, 2.24) is 15.7 Å². The number of aromatic nitrogens is 1. The van der Waals surface area contributed by atoms with Gasteiger partial charge >= 0.3 is 0 Å². The van der Waals surface area contributed by atoms with Gasteiger partial charge in [0, 0.05) is 24.1 Å². The first kappa shape index (κ1) is 10.6. The summed E-state index contributed by atoms with van der Waals surface area (Å²) in [5.41, 5.74) is 5.04. The van der Waals surface area contributed by atoms with E-state index in [1.807, 2.05) is 30.6 Å². The quantitative estimate of drug-likeness (QED) is 0.327. The summed E-state index contributed by atoms with van der Waals surface area (Å²) in [6, 6.07) is 8.12. The van der Waals surface area contributed by atoms with Crippen molar-refractivity contribution in [3.63, 3.8) is 0 Å². The van der Waals surface area contributed by atoms with E-state index in [9.17, 15) is 0 Å². The van der Waals surface area contributed by atoms with Crippen molar-refractivity contribution in [3.8, 4) is 0 Å². The Kier molecular flexibility index (Phi) is 3.16. The molecule has 0 radical (unpaired) electrons. The summed E-state index contributed by atoms with van der Waals surface area (Å²) in [4.78, 5) is 3.19. The van der Waals surface area contributed by atoms with E-state index < -0.39 is 0 Å². The van der Waals surface area contributed by atoms with E-state index in [0.29, 0.717) is 5.11 Å². The van der Waals surface area contributed by atoms with Crippen LogP contribution in [0.3, 0.4) is 0 Å². The molecule has 0 fully saturated rings. The summed E-state index contributed by atoms with van der Waals surface area (Å²) < 4.78 is 0. The largest absolute Gasteiger partial charge is 0.361 e. The summed E-state index contributed by atoms with van der Waals surface area (Å²) in [6.45, 7) is 0. The molecule has 0 saturated heterocycles. The van der Waals surface area contributed by atoms with Gasteiger partial charge in [-0.3, -0.25) is 0 Å². The van der Waals surface area contributed by atoms with Gasteiger partial charge in [0.15, 0.2) is 0 Å². The van der Waals surface area contributed by atoms with Crippen LogP contribution in [-0.4, -0.2) is 23.4 Å². The topological polar surface area (TPSA) is 53.8 Å². The molecule has 16 heavy (non-hydrogen) atoms. The van der Waals surface area contributed by atoms with E-state index in [2.05, 4.69) is 26.9 Å². The Labute approximate surface area is 98.7 Å². The van der Waals surface area contributed by atoms with Crippen LogP contribution in [0.15, 0.2) is 30.5 Å². The highest BCUT2D eigenvalue weighted by molar-refractivity contribution is 7.80. The zero-order chi connectivity index (χ0) is 11.4. The highest BCUT2D eigenvalue weighted by Gasteiger charge is 2.02. The number of H-pyrrole nitrogens is 1. The van der Waals surface area contributed by atoms with Gasteiger partial charge in [0.05, 0.1) is 5.56 Å². The fourth-order valence-electron chi connectivity index (χ4n) is 1.46. The number of para-hydroxylation sites is 1. The molecule has 0 bridgehead atoms. The minimum Gasteiger partial charge on any atom is -0.361 e. The number of aromatic amines is 1. The normalized spacial score (nSPS) is 10.8. The molecular weight excluding hydrogens is 220 g/mol. The third kappa shape index (κ3) is 2.20. The molecule has 0 atom stereocenters. The molecule has 0 aliphatic rings. The van der Waals surface area contributed by atoms with Crippen molar-refractivity contribution < 1.29 is 5.10 Å². The van der Waals surface area contributed by atoms with E-state index in [0.717, 1.165) is 11.1 Å². The molecule has 4 N–H and O–H groups in total. The van der Waals surface area contributed by atoms with Crippen LogP contribution >= 0.6 is 12.2 Å². The van der Waals surface area contributed by atoms with Crippen LogP contribution in [0.5, 0.6) is 0 Å². The van der Waals surface area contributed by atoms with Crippen LogP contribution in [0.1, 0.15) is 5.56 Å². The molecular formula is C11H13N4S+. The van der Waals surface area contributed by atoms with Crippen LogP contribution in [-0.2, 0) is 0 Å². The summed E-state index contributed by atoms with van der Waals surface area (Å²) in [6.07, 6.45) is 3.81. The Balaban J connectivity index is 2.18. The van der Waals surface area contributed by atoms with Crippen molar-refractivity contribution in [2.24, 2.45) is 0 Å². The van der Waals surface area contributed by atoms with Crippen molar-refractivity contribution in [3.05, 3.63) is 36.0 Å². The molecule has 1 aromatic carbocycles. The average Bonchev–Trinajstić information content (AvgIpc) is 2.73. The molecule has 82 valence electrons. The van der Waals surface area contributed by atoms with Gasteiger partial charge in [-0.05, 0) is 18.3 Å². The first-order chi connectivity index (χ1) is 7.81. The van der Waals surface area contributed by atoms with Gasteiger partial charge in [-0.1, -0.05) is 18.2 Å². The number of hydrazone groups is 1. The van der Waals surface area contributed by atoms with E-state index in [4.69, 9.17) is 12.2 Å². The molecule has 2 rings (SSSR count). The number of fused-ring (bicyclic) bond motifs is 1. The Morgan fingerprint density at radius 2 is 2.25 bits per heavy atom. The van der Waals surface area contributed by atoms with Crippen LogP contribution in [0, 0.1) is 0 Å². The van der Waals surface area contributed by atoms with Gasteiger partial charge in [0.1, 0.15) is 0 Å². The maximum atomic E-state index is 4.93. The lowest BCUT2D eigenvalue weighted by Gasteiger charge is -1.93. The van der Waals surface area contributed by atoms with Crippen molar-refractivity contribution in [2.75, 3.05) is 7.05 Å². The number of hydrogen-bond donors (Lipinski definition) is 4. The van der Waals surface area contributed by atoms with Gasteiger partial charge in [-0.2, -0.15) is 0 Å². The predicted molar refractivity (Wildman–Crippen MR) is 69.2 cm³/mol. The van der Waals surface area contributed by atoms with E-state index in [1.165, 1.54) is 5.39 Å². The van der Waals surface area contributed by atoms with Crippen molar-refractivity contribution in [2.45, 2.75) is 0 Å². The molecule has 0 aliphatic heterocycles. The fourth-order valence-corrected chi connectivity index (χ4v) is 1.51. The molecule has 0 amide bonds. The molecule has 2 aromatic rings. The molecule has 0 unspecified atom stereocenters. The minimum atomic E-state index is 0.552. The number of hydrazine groups is 1. The van der Waals surface area contributed by atoms with Crippen LogP contribution in [0.4, 0.5) is 0 Å². The summed E-state index contributed by atoms with van der Waals surface area (Å²) >= 11 is 4.93. The highest BCUT2D eigenvalue weighted by Crippen LogP contribution is 2.14. The summed E-state index contributed by atoms with van der Waals surface area (Å²) in [5, 5.41) is 7.47. The van der Waals surface area contributed by atoms with Crippen LogP contribution in [0.25, 0.3) is 10.9 Å². The van der Waals surface area contributed by atoms with Gasteiger partial charge < -0.3 is 10.3 Å². The number of nitrogens with one attached hydrogen (secondary N) is 4. The third-order valence-corrected chi connectivity index (χ3v) is 2.57. The molecule has 1 aromatic heterocycles. The number of thiocarbonyl (C=S) groups is 1. The molecule has 5 heteroatoms. The first-order valence-electron chi connectivity index (χ1n) is 4.94. The molecule has 1 heterocycles. The highest BCUT2D eigenvalue weighted by atomic mass is 32.1. The van der Waals surface area contributed by atoms with Crippen molar-refractivity contribution in [1.29, 1.82) is 0 Å². The minimum absolute atomic E-state index is 0.552. The lowest BCUT2D eigenvalue weighted by molar-refractivity contribution is -0.500. The van der Waals surface area contributed by atoms with Gasteiger partial charge in [0.25, 0.3) is 0 Å². The SMILES string of the molecule is CNC(=S)N[NH+]=Cc1c[nH]c2ccccc12. The number of rotatable bonds is 2. The molecule has 0 saturated carbocycles. The number of benzene rings is 1. The lowest BCUT2D eigenvalue weighted by atomic mass is 10.2. The second-order valence-corrected chi connectivity index (χ2v) is 3.69. The van der Waals surface area contributed by atoms with E-state index >= 15 is 0 Å². The standard InChI is InChI=1S/C11H12N4S/c1-12-11(16)15-14-7-8-6-13-10-5-3-2-4-9(8)10/h2-7,13H,1H3,(H2,12,15,16)/p+1. The smallest absolute Gasteiger partial charge is 0.223 e. The monoisotopic (exact) mass is 233 g/mol. The molecule has 0 spiro atoms. The Hall–Kier alpha value is -1.88. The zero-order valence-electron chi connectivity index (χ0n) is 8.87. The lowest BCUT2D eigenvalue weighted by Crippen LogP contribution is -2.82. The van der Waals surface area contributed by atoms with Crippen molar-refractivity contribution >= 4 is 34.4 Å². The predicted octanol–water partition coefficient (Wildman–Crippen LogP) is -0.324. The third-order valence-electron chi connectivity index (χ3n) is 2.26. The van der Waals surface area contributed by atoms with Crippen LogP contribution < -0.4 is 15.8 Å². The van der Waals surface area contributed by atoms with E-state index in [-0.39, 0.29) is 0 Å². The Bertz CT molecular complexity index is 530. The van der Waals surface area contributed by atoms with Crippen LogP contribution in [0.2, 0.25) is 0 Å². The Morgan fingerprint density at radius 1 is 1.44 bits per heavy atom. The van der Waals surface area contributed by atoms with Gasteiger partial charge in [-0.25, -0.2) is 0 Å². The Morgan fingerprint density at radius 3 is 3.06 bits per heavy atom. The van der Waals surface area contributed by atoms with Gasteiger partial charge in [0.2, 0.25) is 11.3 Å². The second kappa shape index (κ2) is 4.76. The molecule has 0 aliphatic carbocycles. The van der Waals surface area contributed by atoms with Gasteiger partial charge in [-0.15, -0.1) is 10.5 Å². The second-order valence-electron chi connectivity index (χ2n) is 3.28. The zero-order valence-corrected chi connectivity index (χ0v) is 9.69. The maximum absolute atomic E-state index is 4.93. The van der Waals surface area contributed by atoms with E-state index in [1.54, 1.807) is 7.05 Å². The average molecular weight is 233 g/mol. The fraction of sp³-hybridized carbons (Fsp3) is 0.0909. The molecule has 4 nitrogen and oxygen atoms in total. The number of hydrogen-bond acceptors (Lipinski definition) is 1. The summed E-state index contributed by atoms with van der Waals surface area (Å²) in [7, 11) is 1.77. The maximum Gasteiger partial charge on any atom is 0.223 e. The summed E-state index contributed by atoms with van der Waals surface area (Å²) in [5.74, 6) is 0.